The molecule has 82 valence electrons. The fourth-order valence-corrected chi connectivity index (χ4v) is 2.95. The van der Waals surface area contributed by atoms with E-state index in [0.29, 0.717) is 11.7 Å². The SMILES string of the molecule is Cc1c(C)c2c(c(C)c1O)CCCC2C. The first kappa shape index (κ1) is 10.5. The Labute approximate surface area is 92.1 Å². The van der Waals surface area contributed by atoms with Gasteiger partial charge in [-0.05, 0) is 73.8 Å². The molecule has 1 aromatic carbocycles. The van der Waals surface area contributed by atoms with Crippen molar-refractivity contribution in [1.82, 2.24) is 0 Å². The van der Waals surface area contributed by atoms with Crippen LogP contribution in [-0.2, 0) is 6.42 Å². The second-order valence-corrected chi connectivity index (χ2v) is 4.91. The zero-order chi connectivity index (χ0) is 11.2. The van der Waals surface area contributed by atoms with E-state index >= 15 is 0 Å². The van der Waals surface area contributed by atoms with Gasteiger partial charge in [0.1, 0.15) is 5.75 Å². The molecule has 1 atom stereocenters. The first-order valence-electron chi connectivity index (χ1n) is 5.85. The van der Waals surface area contributed by atoms with E-state index in [4.69, 9.17) is 0 Å². The fraction of sp³-hybridized carbons (Fsp3) is 0.571. The van der Waals surface area contributed by atoms with Crippen molar-refractivity contribution in [3.8, 4) is 5.75 Å². The van der Waals surface area contributed by atoms with Crippen LogP contribution >= 0.6 is 0 Å². The van der Waals surface area contributed by atoms with E-state index in [1.165, 1.54) is 29.5 Å². The lowest BCUT2D eigenvalue weighted by Crippen LogP contribution is -2.12. The van der Waals surface area contributed by atoms with Crippen molar-refractivity contribution >= 4 is 0 Å². The topological polar surface area (TPSA) is 20.2 Å². The van der Waals surface area contributed by atoms with Crippen molar-refractivity contribution in [3.63, 3.8) is 0 Å². The van der Waals surface area contributed by atoms with E-state index in [9.17, 15) is 5.11 Å². The average molecular weight is 204 g/mol. The van der Waals surface area contributed by atoms with Gasteiger partial charge in [-0.1, -0.05) is 6.92 Å². The van der Waals surface area contributed by atoms with Gasteiger partial charge in [-0.2, -0.15) is 0 Å². The summed E-state index contributed by atoms with van der Waals surface area (Å²) >= 11 is 0. The highest BCUT2D eigenvalue weighted by Crippen LogP contribution is 2.40. The van der Waals surface area contributed by atoms with E-state index in [1.54, 1.807) is 0 Å². The van der Waals surface area contributed by atoms with Crippen molar-refractivity contribution in [2.45, 2.75) is 52.9 Å². The Bertz CT molecular complexity index is 405. The molecule has 0 fully saturated rings. The van der Waals surface area contributed by atoms with Gasteiger partial charge in [0.2, 0.25) is 0 Å². The number of hydrogen-bond donors (Lipinski definition) is 1. The van der Waals surface area contributed by atoms with Gasteiger partial charge < -0.3 is 5.11 Å². The summed E-state index contributed by atoms with van der Waals surface area (Å²) in [5.74, 6) is 1.17. The number of rotatable bonds is 0. The Morgan fingerprint density at radius 1 is 1.07 bits per heavy atom. The molecule has 0 aliphatic heterocycles. The van der Waals surface area contributed by atoms with Gasteiger partial charge in [-0.25, -0.2) is 0 Å². The summed E-state index contributed by atoms with van der Waals surface area (Å²) in [6.45, 7) is 8.54. The molecule has 1 aromatic rings. The first-order valence-corrected chi connectivity index (χ1v) is 5.85. The standard InChI is InChI=1S/C14H20O/c1-8-6-5-7-12-11(4)14(15)10(3)9(2)13(8)12/h8,15H,5-7H2,1-4H3. The summed E-state index contributed by atoms with van der Waals surface area (Å²) < 4.78 is 0. The zero-order valence-corrected chi connectivity index (χ0v) is 10.1. The van der Waals surface area contributed by atoms with Crippen LogP contribution in [0.25, 0.3) is 0 Å². The minimum absolute atomic E-state index is 0.514. The predicted octanol–water partition coefficient (Wildman–Crippen LogP) is 3.76. The summed E-state index contributed by atoms with van der Waals surface area (Å²) in [4.78, 5) is 0. The van der Waals surface area contributed by atoms with E-state index in [2.05, 4.69) is 20.8 Å². The van der Waals surface area contributed by atoms with Crippen molar-refractivity contribution in [1.29, 1.82) is 0 Å². The molecule has 1 aliphatic rings. The van der Waals surface area contributed by atoms with Crippen molar-refractivity contribution < 1.29 is 5.11 Å². The van der Waals surface area contributed by atoms with Crippen LogP contribution in [0.2, 0.25) is 0 Å². The van der Waals surface area contributed by atoms with Gasteiger partial charge >= 0.3 is 0 Å². The second-order valence-electron chi connectivity index (χ2n) is 4.91. The zero-order valence-electron chi connectivity index (χ0n) is 10.1. The Morgan fingerprint density at radius 2 is 1.73 bits per heavy atom. The summed E-state index contributed by atoms with van der Waals surface area (Å²) in [7, 11) is 0. The molecule has 0 bridgehead atoms. The lowest BCUT2D eigenvalue weighted by atomic mass is 9.78. The van der Waals surface area contributed by atoms with Crippen LogP contribution in [0.1, 0.15) is 53.5 Å². The minimum Gasteiger partial charge on any atom is -0.507 e. The minimum atomic E-state index is 0.514. The van der Waals surface area contributed by atoms with Crippen LogP contribution in [0.5, 0.6) is 5.75 Å². The van der Waals surface area contributed by atoms with Gasteiger partial charge in [-0.15, -0.1) is 0 Å². The van der Waals surface area contributed by atoms with Crippen LogP contribution in [0.4, 0.5) is 0 Å². The number of aromatic hydroxyl groups is 1. The van der Waals surface area contributed by atoms with Crippen molar-refractivity contribution in [2.75, 3.05) is 0 Å². The Hall–Kier alpha value is -0.980. The largest absolute Gasteiger partial charge is 0.507 e. The molecule has 0 radical (unpaired) electrons. The van der Waals surface area contributed by atoms with E-state index in [0.717, 1.165) is 17.5 Å². The third-order valence-electron chi connectivity index (χ3n) is 4.01. The van der Waals surface area contributed by atoms with E-state index < -0.39 is 0 Å². The number of hydrogen-bond acceptors (Lipinski definition) is 1. The van der Waals surface area contributed by atoms with Crippen LogP contribution in [0, 0.1) is 20.8 Å². The summed E-state index contributed by atoms with van der Waals surface area (Å²) in [5, 5.41) is 10.0. The maximum Gasteiger partial charge on any atom is 0.121 e. The monoisotopic (exact) mass is 204 g/mol. The lowest BCUT2D eigenvalue weighted by molar-refractivity contribution is 0.461. The molecule has 2 rings (SSSR count). The van der Waals surface area contributed by atoms with Gasteiger partial charge in [0, 0.05) is 0 Å². The average Bonchev–Trinajstić information content (AvgIpc) is 2.23. The number of benzene rings is 1. The number of phenolic OH excluding ortho intramolecular Hbond substituents is 1. The summed E-state index contributed by atoms with van der Waals surface area (Å²) in [6.07, 6.45) is 3.69. The van der Waals surface area contributed by atoms with Gasteiger partial charge in [0.15, 0.2) is 0 Å². The van der Waals surface area contributed by atoms with Crippen LogP contribution in [0.3, 0.4) is 0 Å². The highest BCUT2D eigenvalue weighted by Gasteiger charge is 2.23. The van der Waals surface area contributed by atoms with E-state index in [1.807, 2.05) is 6.92 Å². The maximum atomic E-state index is 10.0. The maximum absolute atomic E-state index is 10.0. The van der Waals surface area contributed by atoms with Gasteiger partial charge in [0.05, 0.1) is 0 Å². The molecule has 1 N–H and O–H groups in total. The molecule has 0 saturated heterocycles. The molecule has 1 aliphatic carbocycles. The third-order valence-corrected chi connectivity index (χ3v) is 4.01. The summed E-state index contributed by atoms with van der Waals surface area (Å²) in [6, 6.07) is 0. The lowest BCUT2D eigenvalue weighted by Gasteiger charge is -2.28. The molecular weight excluding hydrogens is 184 g/mol. The Balaban J connectivity index is 2.74. The van der Waals surface area contributed by atoms with Gasteiger partial charge in [-0.3, -0.25) is 0 Å². The highest BCUT2D eigenvalue weighted by molar-refractivity contribution is 5.55. The fourth-order valence-electron chi connectivity index (χ4n) is 2.95. The number of phenols is 1. The Kier molecular flexibility index (Phi) is 2.49. The quantitative estimate of drug-likeness (QED) is 0.682. The van der Waals surface area contributed by atoms with Crippen molar-refractivity contribution in [3.05, 3.63) is 27.8 Å². The first-order chi connectivity index (χ1) is 7.04. The molecule has 0 saturated carbocycles. The smallest absolute Gasteiger partial charge is 0.121 e. The van der Waals surface area contributed by atoms with Crippen LogP contribution in [-0.4, -0.2) is 5.11 Å². The van der Waals surface area contributed by atoms with Crippen LogP contribution in [0.15, 0.2) is 0 Å². The van der Waals surface area contributed by atoms with Gasteiger partial charge in [0.25, 0.3) is 0 Å². The predicted molar refractivity (Wildman–Crippen MR) is 63.7 cm³/mol. The number of fused-ring (bicyclic) bond motifs is 1. The molecule has 0 spiro atoms. The molecule has 0 amide bonds. The second kappa shape index (κ2) is 3.55. The highest BCUT2D eigenvalue weighted by atomic mass is 16.3. The third kappa shape index (κ3) is 1.45. The molecule has 1 nitrogen and oxygen atoms in total. The molecule has 1 heteroatoms. The molecule has 15 heavy (non-hydrogen) atoms. The molecule has 0 aromatic heterocycles. The molecule has 1 unspecified atom stereocenters. The van der Waals surface area contributed by atoms with Crippen molar-refractivity contribution in [2.24, 2.45) is 0 Å². The summed E-state index contributed by atoms with van der Waals surface area (Å²) in [5.41, 5.74) is 6.41. The van der Waals surface area contributed by atoms with E-state index in [-0.39, 0.29) is 0 Å². The molecule has 0 heterocycles. The van der Waals surface area contributed by atoms with Crippen LogP contribution < -0.4 is 0 Å². The normalized spacial score (nSPS) is 20.1. The Morgan fingerprint density at radius 3 is 2.40 bits per heavy atom. The molecular formula is C14H20O.